The number of benzene rings is 2. The van der Waals surface area contributed by atoms with E-state index in [0.717, 1.165) is 0 Å². The number of fused-ring (bicyclic) bond motifs is 1. The first-order chi connectivity index (χ1) is 10.6. The van der Waals surface area contributed by atoms with Gasteiger partial charge >= 0.3 is 0 Å². The van der Waals surface area contributed by atoms with E-state index in [1.807, 2.05) is 0 Å². The Labute approximate surface area is 131 Å². The van der Waals surface area contributed by atoms with Gasteiger partial charge in [0.05, 0.1) is 23.9 Å². The van der Waals surface area contributed by atoms with Crippen LogP contribution in [0.25, 0.3) is 0 Å². The van der Waals surface area contributed by atoms with E-state index in [-0.39, 0.29) is 23.7 Å². The number of hydrogen-bond acceptors (Lipinski definition) is 3. The fourth-order valence-electron chi connectivity index (χ4n) is 2.34. The van der Waals surface area contributed by atoms with E-state index >= 15 is 0 Å². The summed E-state index contributed by atoms with van der Waals surface area (Å²) in [6.45, 7) is -0.105. The lowest BCUT2D eigenvalue weighted by atomic mass is 10.00. The van der Waals surface area contributed by atoms with Gasteiger partial charge in [0, 0.05) is 5.02 Å². The van der Waals surface area contributed by atoms with Gasteiger partial charge in [-0.25, -0.2) is 9.38 Å². The summed E-state index contributed by atoms with van der Waals surface area (Å²) in [7, 11) is 1.44. The summed E-state index contributed by atoms with van der Waals surface area (Å²) < 4.78 is 19.9. The van der Waals surface area contributed by atoms with E-state index in [1.165, 1.54) is 13.2 Å². The Morgan fingerprint density at radius 1 is 1.23 bits per heavy atom. The largest absolute Gasteiger partial charge is 0.623 e. The van der Waals surface area contributed by atoms with Crippen LogP contribution in [0.2, 0.25) is 5.02 Å². The number of rotatable bonds is 1. The average molecular weight is 319 g/mol. The highest BCUT2D eigenvalue weighted by atomic mass is 35.5. The summed E-state index contributed by atoms with van der Waals surface area (Å²) in [4.78, 5) is 4.31. The molecule has 0 saturated heterocycles. The van der Waals surface area contributed by atoms with Gasteiger partial charge in [0.15, 0.2) is 0 Å². The molecule has 0 amide bonds. The lowest BCUT2D eigenvalue weighted by Gasteiger charge is -2.11. The molecule has 4 nitrogen and oxygen atoms in total. The lowest BCUT2D eigenvalue weighted by Crippen LogP contribution is -2.24. The van der Waals surface area contributed by atoms with Gasteiger partial charge in [-0.1, -0.05) is 23.7 Å². The average Bonchev–Trinajstić information content (AvgIpc) is 2.64. The van der Waals surface area contributed by atoms with Crippen LogP contribution < -0.4 is 0 Å². The summed E-state index contributed by atoms with van der Waals surface area (Å²) in [5.74, 6) is -0.227. The highest BCUT2D eigenvalue weighted by molar-refractivity contribution is 6.31. The van der Waals surface area contributed by atoms with Crippen LogP contribution in [0.15, 0.2) is 47.5 Å². The van der Waals surface area contributed by atoms with Crippen LogP contribution in [0.4, 0.5) is 10.1 Å². The SMILES string of the molecule is COC1=Nc2ccc(Cl)cc2C(c2ccccc2F)=[N+]([O-])C1. The van der Waals surface area contributed by atoms with Crippen molar-refractivity contribution >= 4 is 28.9 Å². The number of hydrogen-bond donors (Lipinski definition) is 0. The second-order valence-corrected chi connectivity index (χ2v) is 5.17. The van der Waals surface area contributed by atoms with Crippen molar-refractivity contribution in [1.82, 2.24) is 0 Å². The molecule has 0 radical (unpaired) electrons. The summed E-state index contributed by atoms with van der Waals surface area (Å²) in [6, 6.07) is 11.0. The van der Waals surface area contributed by atoms with Crippen LogP contribution in [-0.4, -0.2) is 30.0 Å². The van der Waals surface area contributed by atoms with Crippen LogP contribution in [0.5, 0.6) is 0 Å². The Morgan fingerprint density at radius 2 is 2.00 bits per heavy atom. The number of nitrogens with zero attached hydrogens (tertiary/aromatic N) is 2. The number of ether oxygens (including phenoxy) is 1. The zero-order valence-corrected chi connectivity index (χ0v) is 12.5. The van der Waals surface area contributed by atoms with E-state index < -0.39 is 5.82 Å². The Bertz CT molecular complexity index is 802. The highest BCUT2D eigenvalue weighted by Gasteiger charge is 2.27. The van der Waals surface area contributed by atoms with Crippen LogP contribution in [-0.2, 0) is 4.74 Å². The van der Waals surface area contributed by atoms with Crippen molar-refractivity contribution in [2.75, 3.05) is 13.7 Å². The predicted octanol–water partition coefficient (Wildman–Crippen LogP) is 3.52. The third-order valence-electron chi connectivity index (χ3n) is 3.35. The third-order valence-corrected chi connectivity index (χ3v) is 3.59. The molecular weight excluding hydrogens is 307 g/mol. The first-order valence-corrected chi connectivity index (χ1v) is 6.96. The van der Waals surface area contributed by atoms with Gasteiger partial charge < -0.3 is 9.94 Å². The van der Waals surface area contributed by atoms with E-state index in [4.69, 9.17) is 16.3 Å². The number of hydroxylamine groups is 1. The normalized spacial score (nSPS) is 14.2. The Kier molecular flexibility index (Phi) is 3.81. The number of halogens is 2. The molecule has 0 unspecified atom stereocenters. The number of methoxy groups -OCH3 is 1. The van der Waals surface area contributed by atoms with Crippen LogP contribution in [0.1, 0.15) is 11.1 Å². The molecule has 22 heavy (non-hydrogen) atoms. The third kappa shape index (κ3) is 2.55. The quantitative estimate of drug-likeness (QED) is 0.596. The maximum absolute atomic E-state index is 14.2. The zero-order chi connectivity index (χ0) is 15.7. The Hall–Kier alpha value is -2.40. The van der Waals surface area contributed by atoms with Crippen molar-refractivity contribution in [3.8, 4) is 0 Å². The van der Waals surface area contributed by atoms with Gasteiger partial charge in [0.1, 0.15) is 5.82 Å². The van der Waals surface area contributed by atoms with Crippen molar-refractivity contribution in [3.05, 3.63) is 69.6 Å². The van der Waals surface area contributed by atoms with Crippen LogP contribution in [0.3, 0.4) is 0 Å². The fourth-order valence-corrected chi connectivity index (χ4v) is 2.52. The molecule has 3 rings (SSSR count). The van der Waals surface area contributed by atoms with Gasteiger partial charge in [0.2, 0.25) is 12.3 Å². The molecule has 6 heteroatoms. The Morgan fingerprint density at radius 3 is 2.73 bits per heavy atom. The van der Waals surface area contributed by atoms with Gasteiger partial charge in [-0.05, 0) is 30.3 Å². The molecule has 0 aliphatic carbocycles. The molecule has 0 bridgehead atoms. The first kappa shape index (κ1) is 14.5. The van der Waals surface area contributed by atoms with Crippen LogP contribution >= 0.6 is 11.6 Å². The van der Waals surface area contributed by atoms with E-state index in [0.29, 0.717) is 21.0 Å². The second-order valence-electron chi connectivity index (χ2n) is 4.74. The minimum Gasteiger partial charge on any atom is -0.623 e. The molecule has 0 atom stereocenters. The molecule has 1 aliphatic heterocycles. The Balaban J connectivity index is 2.31. The van der Waals surface area contributed by atoms with Crippen molar-refractivity contribution in [2.45, 2.75) is 0 Å². The minimum absolute atomic E-state index is 0.105. The highest BCUT2D eigenvalue weighted by Crippen LogP contribution is 2.29. The van der Waals surface area contributed by atoms with Crippen molar-refractivity contribution < 1.29 is 13.9 Å². The van der Waals surface area contributed by atoms with E-state index in [9.17, 15) is 9.60 Å². The summed E-state index contributed by atoms with van der Waals surface area (Å²) in [5, 5.41) is 13.0. The van der Waals surface area contributed by atoms with Gasteiger partial charge in [0.25, 0.3) is 5.90 Å². The second kappa shape index (κ2) is 5.77. The van der Waals surface area contributed by atoms with Crippen molar-refractivity contribution in [1.29, 1.82) is 0 Å². The molecule has 0 fully saturated rings. The molecule has 1 heterocycles. The smallest absolute Gasteiger partial charge is 0.257 e. The maximum Gasteiger partial charge on any atom is 0.257 e. The topological polar surface area (TPSA) is 47.7 Å². The predicted molar refractivity (Wildman–Crippen MR) is 83.7 cm³/mol. The molecule has 0 aromatic heterocycles. The molecule has 0 spiro atoms. The summed E-state index contributed by atoms with van der Waals surface area (Å²) >= 11 is 6.03. The van der Waals surface area contributed by atoms with Gasteiger partial charge in [-0.2, -0.15) is 4.74 Å². The zero-order valence-electron chi connectivity index (χ0n) is 11.7. The molecule has 1 aliphatic rings. The molecule has 2 aromatic rings. The molecular formula is C16H12ClFN2O2. The first-order valence-electron chi connectivity index (χ1n) is 6.58. The van der Waals surface area contributed by atoms with Crippen LogP contribution in [0, 0.1) is 11.0 Å². The molecule has 2 aromatic carbocycles. The molecule has 0 saturated carbocycles. The maximum atomic E-state index is 14.2. The summed E-state index contributed by atoms with van der Waals surface area (Å²) in [6.07, 6.45) is 0. The van der Waals surface area contributed by atoms with Crippen molar-refractivity contribution in [3.63, 3.8) is 0 Å². The fraction of sp³-hybridized carbons (Fsp3) is 0.125. The standard InChI is InChI=1S/C16H12ClFN2O2/c1-22-15-9-20(21)16(11-4-2-3-5-13(11)18)12-8-10(17)6-7-14(12)19-15/h2-8H,9H2,1H3. The lowest BCUT2D eigenvalue weighted by molar-refractivity contribution is -0.441. The molecule has 0 N–H and O–H groups in total. The van der Waals surface area contributed by atoms with E-state index in [2.05, 4.69) is 4.99 Å². The summed E-state index contributed by atoms with van der Waals surface area (Å²) in [5.41, 5.74) is 1.37. The van der Waals surface area contributed by atoms with E-state index in [1.54, 1.807) is 36.4 Å². The number of aliphatic imine (C=N–C) groups is 1. The minimum atomic E-state index is -0.481. The van der Waals surface area contributed by atoms with Crippen molar-refractivity contribution in [2.24, 2.45) is 4.99 Å². The van der Waals surface area contributed by atoms with Gasteiger partial charge in [-0.3, -0.25) is 0 Å². The monoisotopic (exact) mass is 318 g/mol. The molecule has 112 valence electrons. The van der Waals surface area contributed by atoms with Gasteiger partial charge in [-0.15, -0.1) is 0 Å².